The lowest BCUT2D eigenvalue weighted by Crippen LogP contribution is -2.51. The quantitative estimate of drug-likeness (QED) is 0.696. The van der Waals surface area contributed by atoms with Gasteiger partial charge < -0.3 is 10.1 Å². The Labute approximate surface area is 124 Å². The molecule has 0 bridgehead atoms. The summed E-state index contributed by atoms with van der Waals surface area (Å²) in [6.07, 6.45) is 5.43. The number of hydrogen-bond donors (Lipinski definition) is 1. The lowest BCUT2D eigenvalue weighted by atomic mass is 9.94. The van der Waals surface area contributed by atoms with E-state index in [9.17, 15) is 4.79 Å². The molecule has 0 saturated carbocycles. The first-order valence-corrected chi connectivity index (χ1v) is 7.94. The highest BCUT2D eigenvalue weighted by Crippen LogP contribution is 2.28. The molecule has 1 fully saturated rings. The molecule has 1 rings (SSSR count). The number of nitrogens with zero attached hydrogens (tertiary/aromatic N) is 1. The molecule has 1 heterocycles. The molecular weight excluding hydrogens is 252 g/mol. The zero-order valence-electron chi connectivity index (χ0n) is 13.9. The molecule has 0 spiro atoms. The molecule has 0 radical (unpaired) electrons. The monoisotopic (exact) mass is 284 g/mol. The minimum Gasteiger partial charge on any atom is -0.468 e. The molecule has 4 nitrogen and oxygen atoms in total. The number of rotatable bonds is 8. The summed E-state index contributed by atoms with van der Waals surface area (Å²) >= 11 is 0. The van der Waals surface area contributed by atoms with E-state index >= 15 is 0 Å². The van der Waals surface area contributed by atoms with E-state index < -0.39 is 5.54 Å². The second-order valence-electron chi connectivity index (χ2n) is 6.76. The van der Waals surface area contributed by atoms with Crippen LogP contribution in [0.4, 0.5) is 0 Å². The molecule has 118 valence electrons. The third-order valence-electron chi connectivity index (χ3n) is 4.58. The molecule has 1 aliphatic heterocycles. The van der Waals surface area contributed by atoms with Gasteiger partial charge in [0.1, 0.15) is 5.54 Å². The van der Waals surface area contributed by atoms with Crippen LogP contribution >= 0.6 is 0 Å². The third-order valence-corrected chi connectivity index (χ3v) is 4.58. The summed E-state index contributed by atoms with van der Waals surface area (Å²) in [5, 5.41) is 3.35. The molecule has 0 aromatic heterocycles. The molecule has 20 heavy (non-hydrogen) atoms. The Morgan fingerprint density at radius 3 is 2.65 bits per heavy atom. The van der Waals surface area contributed by atoms with E-state index in [4.69, 9.17) is 4.74 Å². The molecule has 1 atom stereocenters. The maximum absolute atomic E-state index is 12.0. The van der Waals surface area contributed by atoms with Crippen LogP contribution in [0.2, 0.25) is 0 Å². The van der Waals surface area contributed by atoms with Gasteiger partial charge in [-0.25, -0.2) is 0 Å². The number of methoxy groups -OCH3 is 1. The number of carbonyl (C=O) groups excluding carboxylic acids is 1. The van der Waals surface area contributed by atoms with Crippen molar-refractivity contribution in [3.8, 4) is 0 Å². The molecule has 0 aromatic carbocycles. The van der Waals surface area contributed by atoms with E-state index in [1.165, 1.54) is 26.5 Å². The SMILES string of the molecule is CCCNC(C)(CCCN1CCCC1(C)C)C(=O)OC. The summed E-state index contributed by atoms with van der Waals surface area (Å²) in [4.78, 5) is 14.5. The Bertz CT molecular complexity index is 318. The second-order valence-corrected chi connectivity index (χ2v) is 6.76. The van der Waals surface area contributed by atoms with Gasteiger partial charge in [-0.2, -0.15) is 0 Å². The fourth-order valence-electron chi connectivity index (χ4n) is 3.09. The van der Waals surface area contributed by atoms with E-state index in [-0.39, 0.29) is 5.97 Å². The van der Waals surface area contributed by atoms with Crippen LogP contribution in [-0.4, -0.2) is 48.7 Å². The average molecular weight is 284 g/mol. The van der Waals surface area contributed by atoms with Crippen LogP contribution in [0.15, 0.2) is 0 Å². The van der Waals surface area contributed by atoms with E-state index in [0.717, 1.165) is 32.4 Å². The number of nitrogens with one attached hydrogen (secondary N) is 1. The third kappa shape index (κ3) is 4.45. The predicted molar refractivity (Wildman–Crippen MR) is 82.8 cm³/mol. The lowest BCUT2D eigenvalue weighted by Gasteiger charge is -2.33. The first-order chi connectivity index (χ1) is 9.35. The minimum atomic E-state index is -0.547. The molecule has 1 unspecified atom stereocenters. The summed E-state index contributed by atoms with van der Waals surface area (Å²) in [5.41, 5.74) is -0.229. The van der Waals surface area contributed by atoms with Crippen LogP contribution in [0.1, 0.15) is 59.8 Å². The summed E-state index contributed by atoms with van der Waals surface area (Å²) < 4.78 is 4.96. The van der Waals surface area contributed by atoms with Crippen LogP contribution in [0.5, 0.6) is 0 Å². The largest absolute Gasteiger partial charge is 0.468 e. The van der Waals surface area contributed by atoms with Crippen LogP contribution in [0.25, 0.3) is 0 Å². The Balaban J connectivity index is 2.48. The molecule has 0 amide bonds. The molecule has 1 N–H and O–H groups in total. The Kier molecular flexibility index (Phi) is 6.46. The summed E-state index contributed by atoms with van der Waals surface area (Å²) in [6, 6.07) is 0. The molecular formula is C16H32N2O2. The lowest BCUT2D eigenvalue weighted by molar-refractivity contribution is -0.148. The Hall–Kier alpha value is -0.610. The van der Waals surface area contributed by atoms with Crippen molar-refractivity contribution in [2.24, 2.45) is 0 Å². The highest BCUT2D eigenvalue weighted by molar-refractivity contribution is 5.80. The number of esters is 1. The molecule has 1 saturated heterocycles. The first-order valence-electron chi connectivity index (χ1n) is 7.94. The van der Waals surface area contributed by atoms with Crippen molar-refractivity contribution in [2.45, 2.75) is 70.9 Å². The van der Waals surface area contributed by atoms with Crippen LogP contribution in [0, 0.1) is 0 Å². The van der Waals surface area contributed by atoms with Gasteiger partial charge in [0.05, 0.1) is 7.11 Å². The molecule has 4 heteroatoms. The first kappa shape index (κ1) is 17.4. The number of ether oxygens (including phenoxy) is 1. The fraction of sp³-hybridized carbons (Fsp3) is 0.938. The number of hydrogen-bond acceptors (Lipinski definition) is 4. The van der Waals surface area contributed by atoms with Crippen molar-refractivity contribution < 1.29 is 9.53 Å². The minimum absolute atomic E-state index is 0.147. The summed E-state index contributed by atoms with van der Waals surface area (Å²) in [6.45, 7) is 11.8. The Morgan fingerprint density at radius 1 is 1.45 bits per heavy atom. The van der Waals surface area contributed by atoms with Gasteiger partial charge in [-0.05, 0) is 72.5 Å². The van der Waals surface area contributed by atoms with Crippen molar-refractivity contribution in [3.05, 3.63) is 0 Å². The second kappa shape index (κ2) is 7.41. The van der Waals surface area contributed by atoms with E-state index in [1.807, 2.05) is 6.92 Å². The predicted octanol–water partition coefficient (Wildman–Crippen LogP) is 2.57. The topological polar surface area (TPSA) is 41.6 Å². The normalized spacial score (nSPS) is 21.6. The fourth-order valence-corrected chi connectivity index (χ4v) is 3.09. The van der Waals surface area contributed by atoms with Crippen molar-refractivity contribution >= 4 is 5.97 Å². The van der Waals surface area contributed by atoms with Crippen molar-refractivity contribution in [1.82, 2.24) is 10.2 Å². The highest BCUT2D eigenvalue weighted by Gasteiger charge is 2.35. The maximum atomic E-state index is 12.0. The maximum Gasteiger partial charge on any atom is 0.325 e. The van der Waals surface area contributed by atoms with Gasteiger partial charge in [-0.3, -0.25) is 9.69 Å². The highest BCUT2D eigenvalue weighted by atomic mass is 16.5. The van der Waals surface area contributed by atoms with Crippen molar-refractivity contribution in [3.63, 3.8) is 0 Å². The van der Waals surface area contributed by atoms with E-state index in [0.29, 0.717) is 5.54 Å². The Morgan fingerprint density at radius 2 is 2.15 bits per heavy atom. The standard InChI is InChI=1S/C16H32N2O2/c1-6-11-17-16(4,14(19)20-5)10-8-13-18-12-7-9-15(18,2)3/h17H,6-13H2,1-5H3. The van der Waals surface area contributed by atoms with Gasteiger partial charge in [0, 0.05) is 5.54 Å². The molecule has 0 aliphatic carbocycles. The van der Waals surface area contributed by atoms with Crippen molar-refractivity contribution in [2.75, 3.05) is 26.7 Å². The summed E-state index contributed by atoms with van der Waals surface area (Å²) in [7, 11) is 1.47. The zero-order valence-corrected chi connectivity index (χ0v) is 13.9. The number of carbonyl (C=O) groups is 1. The van der Waals surface area contributed by atoms with E-state index in [1.54, 1.807) is 0 Å². The smallest absolute Gasteiger partial charge is 0.325 e. The van der Waals surface area contributed by atoms with Crippen LogP contribution in [0.3, 0.4) is 0 Å². The van der Waals surface area contributed by atoms with Gasteiger partial charge in [0.25, 0.3) is 0 Å². The van der Waals surface area contributed by atoms with Crippen molar-refractivity contribution in [1.29, 1.82) is 0 Å². The number of likely N-dealkylation sites (tertiary alicyclic amines) is 1. The van der Waals surface area contributed by atoms with Gasteiger partial charge >= 0.3 is 5.97 Å². The van der Waals surface area contributed by atoms with Crippen LogP contribution in [-0.2, 0) is 9.53 Å². The van der Waals surface area contributed by atoms with E-state index in [2.05, 4.69) is 31.0 Å². The van der Waals surface area contributed by atoms with Gasteiger partial charge in [0.15, 0.2) is 0 Å². The van der Waals surface area contributed by atoms with Gasteiger partial charge in [-0.1, -0.05) is 6.92 Å². The molecule has 1 aliphatic rings. The zero-order chi connectivity index (χ0) is 15.2. The summed E-state index contributed by atoms with van der Waals surface area (Å²) in [5.74, 6) is -0.147. The average Bonchev–Trinajstić information content (AvgIpc) is 2.74. The van der Waals surface area contributed by atoms with Gasteiger partial charge in [-0.15, -0.1) is 0 Å². The molecule has 0 aromatic rings. The van der Waals surface area contributed by atoms with Crippen LogP contribution < -0.4 is 5.32 Å². The van der Waals surface area contributed by atoms with Gasteiger partial charge in [0.2, 0.25) is 0 Å².